The second-order valence-electron chi connectivity index (χ2n) is 9.66. The van der Waals surface area contributed by atoms with E-state index in [4.69, 9.17) is 20.0 Å². The number of phenols is 2. The third-order valence-electron chi connectivity index (χ3n) is 7.19. The summed E-state index contributed by atoms with van der Waals surface area (Å²) >= 11 is 6.69. The molecule has 0 saturated heterocycles. The van der Waals surface area contributed by atoms with Crippen LogP contribution in [0.15, 0.2) is 66.7 Å². The Morgan fingerprint density at radius 1 is 0.581 bits per heavy atom. The first kappa shape index (κ1) is 27.1. The molecule has 0 atom stereocenters. The highest BCUT2D eigenvalue weighted by Crippen LogP contribution is 2.56. The molecule has 6 N–H and O–H groups in total. The van der Waals surface area contributed by atoms with Gasteiger partial charge >= 0.3 is 20.8 Å². The molecule has 218 valence electrons. The fourth-order valence-corrected chi connectivity index (χ4v) is 6.60. The fraction of sp³-hybridized carbons (Fsp3) is 0. The third-order valence-corrected chi connectivity index (χ3v) is 8.24. The first-order chi connectivity index (χ1) is 20.3. The summed E-state index contributed by atoms with van der Waals surface area (Å²) in [6.45, 7) is 0. The van der Waals surface area contributed by atoms with E-state index in [1.807, 2.05) is 0 Å². The summed E-state index contributed by atoms with van der Waals surface area (Å²) in [5.74, 6) is -0.972. The Morgan fingerprint density at radius 3 is 1.77 bits per heavy atom. The van der Waals surface area contributed by atoms with Crippen molar-refractivity contribution in [1.82, 2.24) is 0 Å². The topological polar surface area (TPSA) is 192 Å². The number of fused-ring (bicyclic) bond motifs is 8. The van der Waals surface area contributed by atoms with Crippen molar-refractivity contribution in [3.05, 3.63) is 71.8 Å². The van der Waals surface area contributed by atoms with Crippen LogP contribution in [0.25, 0.3) is 43.1 Å². The molecule has 43 heavy (non-hydrogen) atoms. The van der Waals surface area contributed by atoms with Gasteiger partial charge in [-0.1, -0.05) is 60.1 Å². The van der Waals surface area contributed by atoms with Gasteiger partial charge in [0.15, 0.2) is 11.5 Å². The van der Waals surface area contributed by atoms with Gasteiger partial charge in [-0.15, -0.1) is 0 Å². The van der Waals surface area contributed by atoms with Gasteiger partial charge in [-0.05, 0) is 18.2 Å². The Labute approximate surface area is 247 Å². The number of phenolic OH excluding ortho intramolecular Hbond substituents is 2. The summed E-state index contributed by atoms with van der Waals surface area (Å²) in [6.07, 6.45) is 0. The lowest BCUT2D eigenvalue weighted by Crippen LogP contribution is -2.12. The quantitative estimate of drug-likeness (QED) is 0.0693. The lowest BCUT2D eigenvalue weighted by molar-refractivity contribution is 0.385. The summed E-state index contributed by atoms with van der Waals surface area (Å²) in [4.78, 5) is 0. The van der Waals surface area contributed by atoms with Gasteiger partial charge in [0.05, 0.1) is 38.5 Å². The number of anilines is 4. The number of nitrogens with one attached hydrogen (secondary N) is 2. The highest BCUT2D eigenvalue weighted by Gasteiger charge is 2.31. The van der Waals surface area contributed by atoms with Crippen LogP contribution in [-0.2, 0) is 20.8 Å². The highest BCUT2D eigenvalue weighted by molar-refractivity contribution is 7.81. The second-order valence-corrected chi connectivity index (χ2v) is 12.1. The molecule has 7 rings (SSSR count). The first-order valence-electron chi connectivity index (χ1n) is 12.3. The van der Waals surface area contributed by atoms with E-state index in [1.54, 1.807) is 36.4 Å². The third kappa shape index (κ3) is 4.26. The number of hydrogen-bond donors (Lipinski definition) is 6. The number of benzene rings is 6. The van der Waals surface area contributed by atoms with Crippen molar-refractivity contribution in [3.63, 3.8) is 0 Å². The number of hydrogen-bond acceptors (Lipinski definition) is 10. The highest BCUT2D eigenvalue weighted by atomic mass is 35.5. The summed E-state index contributed by atoms with van der Waals surface area (Å²) < 4.78 is 77.0. The van der Waals surface area contributed by atoms with Crippen LogP contribution in [-0.4, -0.2) is 36.2 Å². The molecule has 6 aromatic rings. The van der Waals surface area contributed by atoms with Crippen LogP contribution in [0.4, 0.5) is 22.7 Å². The Balaban J connectivity index is 1.59. The summed E-state index contributed by atoms with van der Waals surface area (Å²) in [5, 5.41) is 29.8. The minimum absolute atomic E-state index is 0.0101. The maximum absolute atomic E-state index is 12.0. The van der Waals surface area contributed by atoms with Crippen molar-refractivity contribution in [3.8, 4) is 23.0 Å². The van der Waals surface area contributed by atoms with Gasteiger partial charge in [-0.3, -0.25) is 9.11 Å². The Hall–Kier alpha value is -4.73. The summed E-state index contributed by atoms with van der Waals surface area (Å²) in [7, 11) is -10.2. The van der Waals surface area contributed by atoms with E-state index in [-0.39, 0.29) is 60.6 Å². The van der Waals surface area contributed by atoms with Crippen LogP contribution < -0.4 is 19.0 Å². The van der Waals surface area contributed by atoms with Crippen LogP contribution >= 0.6 is 11.6 Å². The zero-order chi connectivity index (χ0) is 30.4. The zero-order valence-electron chi connectivity index (χ0n) is 21.3. The number of rotatable bonds is 4. The van der Waals surface area contributed by atoms with Gasteiger partial charge in [0.2, 0.25) is 0 Å². The summed E-state index contributed by atoms with van der Waals surface area (Å²) in [6, 6.07) is 17.0. The molecule has 1 aliphatic rings. The molecule has 0 unspecified atom stereocenters. The average molecular weight is 641 g/mol. The van der Waals surface area contributed by atoms with Crippen LogP contribution in [0.3, 0.4) is 0 Å². The van der Waals surface area contributed by atoms with Gasteiger partial charge < -0.3 is 29.2 Å². The van der Waals surface area contributed by atoms with Crippen molar-refractivity contribution in [2.75, 3.05) is 10.6 Å². The first-order valence-corrected chi connectivity index (χ1v) is 15.4. The lowest BCUT2D eigenvalue weighted by atomic mass is 9.95. The van der Waals surface area contributed by atoms with Crippen LogP contribution in [0.1, 0.15) is 0 Å². The van der Waals surface area contributed by atoms with Crippen molar-refractivity contribution in [1.29, 1.82) is 0 Å². The lowest BCUT2D eigenvalue weighted by Gasteiger charge is -2.28. The minimum atomic E-state index is -5.12. The molecule has 6 aromatic carbocycles. The molecule has 0 bridgehead atoms. The monoisotopic (exact) mass is 640 g/mol. The van der Waals surface area contributed by atoms with Crippen molar-refractivity contribution in [2.24, 2.45) is 0 Å². The Morgan fingerprint density at radius 2 is 1.14 bits per heavy atom. The van der Waals surface area contributed by atoms with Crippen LogP contribution in [0.2, 0.25) is 5.02 Å². The zero-order valence-corrected chi connectivity index (χ0v) is 23.7. The standard InChI is InChI=1S/C28H17ClN2O10S2/c29-18-11-17-21(28(41-43(37,38)39)15-8-4-3-7-14(15)27(17)40-42(34,35)36)24-22(18)31-23-19(30-24)10-9-16-20(23)26(33)13-6-2-1-5-12(13)25(16)32/h1-11,30-33H,(H,34,35,36)(H,37,38,39). The van der Waals surface area contributed by atoms with E-state index in [2.05, 4.69) is 10.6 Å². The molecule has 12 nitrogen and oxygen atoms in total. The van der Waals surface area contributed by atoms with E-state index < -0.39 is 26.5 Å². The number of halogens is 1. The van der Waals surface area contributed by atoms with E-state index in [9.17, 15) is 36.2 Å². The fourth-order valence-electron chi connectivity index (χ4n) is 5.57. The predicted molar refractivity (Wildman–Crippen MR) is 162 cm³/mol. The van der Waals surface area contributed by atoms with Gasteiger partial charge in [0.1, 0.15) is 11.5 Å². The Kier molecular flexibility index (Phi) is 5.76. The van der Waals surface area contributed by atoms with Crippen molar-refractivity contribution in [2.45, 2.75) is 0 Å². The normalized spacial score (nSPS) is 13.0. The molecule has 0 fully saturated rings. The maximum Gasteiger partial charge on any atom is 0.446 e. The van der Waals surface area contributed by atoms with Crippen LogP contribution in [0.5, 0.6) is 23.0 Å². The predicted octanol–water partition coefficient (Wildman–Crippen LogP) is 6.53. The molecule has 0 aromatic heterocycles. The van der Waals surface area contributed by atoms with E-state index in [1.165, 1.54) is 30.3 Å². The molecular formula is C28H17ClN2O10S2. The van der Waals surface area contributed by atoms with Gasteiger partial charge in [0.25, 0.3) is 0 Å². The molecule has 0 radical (unpaired) electrons. The SMILES string of the molecule is O=S(=O)(O)Oc1c2ccccc2c(OS(=O)(=O)O)c2c3c(c(Cl)cc12)Nc1c(ccc2c(O)c4ccccc4c(O)c12)N3. The molecule has 1 aliphatic heterocycles. The van der Waals surface area contributed by atoms with Gasteiger partial charge in [-0.25, -0.2) is 0 Å². The number of aromatic hydroxyl groups is 2. The average Bonchev–Trinajstić information content (AvgIpc) is 2.95. The maximum atomic E-state index is 12.0. The van der Waals surface area contributed by atoms with E-state index >= 15 is 0 Å². The largest absolute Gasteiger partial charge is 0.507 e. The van der Waals surface area contributed by atoms with Crippen molar-refractivity contribution < 1.29 is 44.5 Å². The molecule has 0 saturated carbocycles. The molecule has 0 aliphatic carbocycles. The van der Waals surface area contributed by atoms with E-state index in [0.717, 1.165) is 0 Å². The Bertz CT molecular complexity index is 2450. The van der Waals surface area contributed by atoms with Gasteiger partial charge in [-0.2, -0.15) is 16.8 Å². The molecular weight excluding hydrogens is 624 g/mol. The van der Waals surface area contributed by atoms with E-state index in [0.29, 0.717) is 27.5 Å². The van der Waals surface area contributed by atoms with Crippen molar-refractivity contribution >= 4 is 98.2 Å². The molecule has 15 heteroatoms. The smallest absolute Gasteiger partial charge is 0.446 e. The second kappa shape index (κ2) is 9.13. The minimum Gasteiger partial charge on any atom is -0.507 e. The van der Waals surface area contributed by atoms with Gasteiger partial charge in [0, 0.05) is 32.3 Å². The molecule has 0 spiro atoms. The summed E-state index contributed by atoms with van der Waals surface area (Å²) in [5.41, 5.74) is 0.895. The molecule has 1 heterocycles. The van der Waals surface area contributed by atoms with Crippen LogP contribution in [0, 0.1) is 0 Å². The molecule has 0 amide bonds.